The summed E-state index contributed by atoms with van der Waals surface area (Å²) < 4.78 is 15.7. The molecule has 0 aliphatic heterocycles. The monoisotopic (exact) mass is 303 g/mol. The van der Waals surface area contributed by atoms with Crippen LogP contribution in [-0.2, 0) is 0 Å². The highest BCUT2D eigenvalue weighted by Gasteiger charge is 2.16. The van der Waals surface area contributed by atoms with E-state index in [1.54, 1.807) is 22.7 Å². The molecule has 0 aliphatic carbocycles. The maximum absolute atomic E-state index is 13.9. The fourth-order valence-corrected chi connectivity index (χ4v) is 2.86. The van der Waals surface area contributed by atoms with E-state index in [2.05, 4.69) is 15.4 Å². The highest BCUT2D eigenvalue weighted by Crippen LogP contribution is 2.30. The molecule has 8 heteroatoms. The first kappa shape index (κ1) is 13.4. The molecule has 0 fully saturated rings. The lowest BCUT2D eigenvalue weighted by Gasteiger charge is -2.07. The molecule has 0 bridgehead atoms. The number of hydrogen-bond acceptors (Lipinski definition) is 5. The quantitative estimate of drug-likeness (QED) is 0.335. The van der Waals surface area contributed by atoms with Gasteiger partial charge in [-0.25, -0.2) is 4.39 Å². The molecule has 0 atom stereocenters. The van der Waals surface area contributed by atoms with Crippen molar-refractivity contribution in [1.29, 1.82) is 0 Å². The Morgan fingerprint density at radius 2 is 2.10 bits per heavy atom. The van der Waals surface area contributed by atoms with Gasteiger partial charge >= 0.3 is 0 Å². The number of hydrogen-bond donors (Lipinski definition) is 2. The molecule has 0 amide bonds. The Labute approximate surface area is 123 Å². The number of fused-ring (bicyclic) bond motifs is 1. The number of halogens is 1. The maximum atomic E-state index is 13.9. The minimum absolute atomic E-state index is 0.0395. The molecule has 2 aromatic heterocycles. The first-order chi connectivity index (χ1) is 10.2. The maximum Gasteiger partial charge on any atom is 0.200 e. The number of rotatable bonds is 3. The Morgan fingerprint density at radius 1 is 1.24 bits per heavy atom. The van der Waals surface area contributed by atoms with Crippen LogP contribution in [0.4, 0.5) is 4.39 Å². The first-order valence-electron chi connectivity index (χ1n) is 5.94. The van der Waals surface area contributed by atoms with Crippen LogP contribution in [0.15, 0.2) is 57.8 Å². The van der Waals surface area contributed by atoms with E-state index in [0.717, 1.165) is 0 Å². The van der Waals surface area contributed by atoms with Gasteiger partial charge in [0.25, 0.3) is 0 Å². The third-order valence-corrected chi connectivity index (χ3v) is 3.84. The summed E-state index contributed by atoms with van der Waals surface area (Å²) in [5.41, 5.74) is 6.26. The number of nitrogens with two attached hydrogens (primary N) is 1. The van der Waals surface area contributed by atoms with Gasteiger partial charge in [-0.3, -0.25) is 4.40 Å². The van der Waals surface area contributed by atoms with Crippen LogP contribution in [0.25, 0.3) is 5.65 Å². The SMILES string of the molecule is NC(=NO)c1c(F)cccc1Sc1nnc2ccccn12. The second kappa shape index (κ2) is 5.41. The van der Waals surface area contributed by atoms with Crippen molar-refractivity contribution in [3.63, 3.8) is 0 Å². The molecule has 2 heterocycles. The summed E-state index contributed by atoms with van der Waals surface area (Å²) in [7, 11) is 0. The van der Waals surface area contributed by atoms with Gasteiger partial charge in [0.15, 0.2) is 16.6 Å². The fourth-order valence-electron chi connectivity index (χ4n) is 1.88. The summed E-state index contributed by atoms with van der Waals surface area (Å²) in [6.07, 6.45) is 1.81. The third-order valence-electron chi connectivity index (χ3n) is 2.82. The summed E-state index contributed by atoms with van der Waals surface area (Å²) >= 11 is 1.19. The van der Waals surface area contributed by atoms with E-state index in [9.17, 15) is 4.39 Å². The van der Waals surface area contributed by atoms with Gasteiger partial charge < -0.3 is 10.9 Å². The Balaban J connectivity index is 2.08. The van der Waals surface area contributed by atoms with Crippen molar-refractivity contribution in [2.75, 3.05) is 0 Å². The molecule has 6 nitrogen and oxygen atoms in total. The van der Waals surface area contributed by atoms with E-state index < -0.39 is 5.82 Å². The van der Waals surface area contributed by atoms with Gasteiger partial charge in [0.1, 0.15) is 5.82 Å². The average Bonchev–Trinajstić information content (AvgIpc) is 2.90. The molecule has 0 saturated carbocycles. The minimum atomic E-state index is -0.566. The van der Waals surface area contributed by atoms with Crippen LogP contribution in [0.5, 0.6) is 0 Å². The van der Waals surface area contributed by atoms with Crippen molar-refractivity contribution in [2.45, 2.75) is 10.1 Å². The fraction of sp³-hybridized carbons (Fsp3) is 0. The van der Waals surface area contributed by atoms with Gasteiger partial charge in [0.05, 0.1) is 5.56 Å². The van der Waals surface area contributed by atoms with Gasteiger partial charge in [-0.15, -0.1) is 10.2 Å². The Morgan fingerprint density at radius 3 is 2.90 bits per heavy atom. The molecule has 21 heavy (non-hydrogen) atoms. The van der Waals surface area contributed by atoms with Crippen molar-refractivity contribution in [1.82, 2.24) is 14.6 Å². The molecular weight excluding hydrogens is 293 g/mol. The van der Waals surface area contributed by atoms with E-state index in [1.807, 2.05) is 18.2 Å². The Bertz CT molecular complexity index is 832. The molecule has 3 rings (SSSR count). The van der Waals surface area contributed by atoms with Crippen LogP contribution in [0.1, 0.15) is 5.56 Å². The summed E-state index contributed by atoms with van der Waals surface area (Å²) in [6.45, 7) is 0. The number of oxime groups is 1. The molecule has 0 saturated heterocycles. The number of pyridine rings is 1. The van der Waals surface area contributed by atoms with Gasteiger partial charge in [-0.1, -0.05) is 17.3 Å². The van der Waals surface area contributed by atoms with Crippen LogP contribution >= 0.6 is 11.8 Å². The average molecular weight is 303 g/mol. The van der Waals surface area contributed by atoms with Crippen molar-refractivity contribution < 1.29 is 9.60 Å². The van der Waals surface area contributed by atoms with Gasteiger partial charge in [0.2, 0.25) is 0 Å². The molecule has 3 aromatic rings. The molecular formula is C13H10FN5OS. The molecule has 0 radical (unpaired) electrons. The molecule has 0 spiro atoms. The summed E-state index contributed by atoms with van der Waals surface area (Å²) in [4.78, 5) is 0.489. The highest BCUT2D eigenvalue weighted by molar-refractivity contribution is 7.99. The predicted molar refractivity (Wildman–Crippen MR) is 76.0 cm³/mol. The normalized spacial score (nSPS) is 12.0. The minimum Gasteiger partial charge on any atom is -0.409 e. The zero-order valence-corrected chi connectivity index (χ0v) is 11.5. The lowest BCUT2D eigenvalue weighted by Crippen LogP contribution is -2.16. The third kappa shape index (κ3) is 2.40. The van der Waals surface area contributed by atoms with Gasteiger partial charge in [-0.05, 0) is 36.0 Å². The van der Waals surface area contributed by atoms with Crippen molar-refractivity contribution in [2.24, 2.45) is 10.9 Å². The van der Waals surface area contributed by atoms with Crippen LogP contribution in [0.3, 0.4) is 0 Å². The molecule has 3 N–H and O–H groups in total. The van der Waals surface area contributed by atoms with Crippen LogP contribution in [0.2, 0.25) is 0 Å². The molecule has 0 unspecified atom stereocenters. The van der Waals surface area contributed by atoms with Crippen molar-refractivity contribution >= 4 is 23.2 Å². The van der Waals surface area contributed by atoms with Crippen LogP contribution in [0, 0.1) is 5.82 Å². The zero-order valence-electron chi connectivity index (χ0n) is 10.6. The number of benzene rings is 1. The van der Waals surface area contributed by atoms with Crippen LogP contribution < -0.4 is 5.73 Å². The summed E-state index contributed by atoms with van der Waals surface area (Å²) in [5, 5.41) is 20.3. The standard InChI is InChI=1S/C13H10FN5OS/c14-8-4-3-5-9(11(8)12(15)18-20)21-13-17-16-10-6-1-2-7-19(10)13/h1-7,20H,(H2,15,18). The number of nitrogens with zero attached hydrogens (tertiary/aromatic N) is 4. The van der Waals surface area contributed by atoms with Crippen molar-refractivity contribution in [3.8, 4) is 0 Å². The molecule has 1 aromatic carbocycles. The highest BCUT2D eigenvalue weighted by atomic mass is 32.2. The lowest BCUT2D eigenvalue weighted by atomic mass is 10.2. The number of aromatic nitrogens is 3. The van der Waals surface area contributed by atoms with E-state index in [1.165, 1.54) is 17.8 Å². The molecule has 0 aliphatic rings. The van der Waals surface area contributed by atoms with Crippen LogP contribution in [-0.4, -0.2) is 25.6 Å². The van der Waals surface area contributed by atoms with Crippen molar-refractivity contribution in [3.05, 3.63) is 54.0 Å². The summed E-state index contributed by atoms with van der Waals surface area (Å²) in [6, 6.07) is 9.98. The van der Waals surface area contributed by atoms with E-state index >= 15 is 0 Å². The number of amidine groups is 1. The smallest absolute Gasteiger partial charge is 0.200 e. The Kier molecular flexibility index (Phi) is 3.44. The topological polar surface area (TPSA) is 88.8 Å². The zero-order chi connectivity index (χ0) is 14.8. The van der Waals surface area contributed by atoms with Gasteiger partial charge in [0, 0.05) is 11.1 Å². The molecule has 106 valence electrons. The second-order valence-corrected chi connectivity index (χ2v) is 5.12. The Hall–Kier alpha value is -2.61. The van der Waals surface area contributed by atoms with Gasteiger partial charge in [-0.2, -0.15) is 0 Å². The predicted octanol–water partition coefficient (Wildman–Crippen LogP) is 2.11. The largest absolute Gasteiger partial charge is 0.409 e. The van der Waals surface area contributed by atoms with E-state index in [0.29, 0.717) is 15.7 Å². The van der Waals surface area contributed by atoms with E-state index in [4.69, 9.17) is 10.9 Å². The first-order valence-corrected chi connectivity index (χ1v) is 6.76. The second-order valence-electron chi connectivity index (χ2n) is 4.11. The lowest BCUT2D eigenvalue weighted by molar-refractivity contribution is 0.318. The summed E-state index contributed by atoms with van der Waals surface area (Å²) in [5.74, 6) is -0.853. The van der Waals surface area contributed by atoms with E-state index in [-0.39, 0.29) is 11.4 Å².